The molecule has 2 aromatic carbocycles. The molecule has 0 saturated carbocycles. The van der Waals surface area contributed by atoms with E-state index < -0.39 is 10.0 Å². The Bertz CT molecular complexity index is 816. The molecular formula is C20H25NO2S2. The lowest BCUT2D eigenvalue weighted by molar-refractivity contribution is 0.428. The summed E-state index contributed by atoms with van der Waals surface area (Å²) in [5.74, 6) is 0.825. The van der Waals surface area contributed by atoms with E-state index >= 15 is 0 Å². The van der Waals surface area contributed by atoms with Crippen molar-refractivity contribution in [1.29, 1.82) is 0 Å². The summed E-state index contributed by atoms with van der Waals surface area (Å²) in [5, 5.41) is 0.365. The number of sulfonamides is 1. The molecule has 1 atom stereocenters. The van der Waals surface area contributed by atoms with Gasteiger partial charge >= 0.3 is 0 Å². The van der Waals surface area contributed by atoms with Crippen LogP contribution in [0.25, 0.3) is 0 Å². The predicted molar refractivity (Wildman–Crippen MR) is 106 cm³/mol. The highest BCUT2D eigenvalue weighted by molar-refractivity contribution is 7.99. The minimum absolute atomic E-state index is 0.365. The second-order valence-corrected chi connectivity index (χ2v) is 9.65. The maximum Gasteiger partial charge on any atom is 0.243 e. The largest absolute Gasteiger partial charge is 0.243 e. The minimum atomic E-state index is -3.41. The SMILES string of the molecule is CCc1ccc(S(=O)(=O)N2CCSC(c3ccccc3C)CC2)cc1. The summed E-state index contributed by atoms with van der Waals surface area (Å²) in [4.78, 5) is 0.407. The normalized spacial score (nSPS) is 19.5. The number of benzene rings is 2. The second-order valence-electron chi connectivity index (χ2n) is 6.41. The lowest BCUT2D eigenvalue weighted by Crippen LogP contribution is -2.33. The molecule has 1 aliphatic rings. The fourth-order valence-electron chi connectivity index (χ4n) is 3.23. The van der Waals surface area contributed by atoms with E-state index in [1.54, 1.807) is 16.4 Å². The predicted octanol–water partition coefficient (Wildman–Crippen LogP) is 4.43. The van der Waals surface area contributed by atoms with Gasteiger partial charge in [-0.25, -0.2) is 8.42 Å². The van der Waals surface area contributed by atoms with Crippen LogP contribution < -0.4 is 0 Å². The summed E-state index contributed by atoms with van der Waals surface area (Å²) in [6, 6.07) is 15.7. The highest BCUT2D eigenvalue weighted by atomic mass is 32.2. The summed E-state index contributed by atoms with van der Waals surface area (Å²) in [7, 11) is -3.41. The zero-order valence-corrected chi connectivity index (χ0v) is 16.4. The Kier molecular flexibility index (Phi) is 5.87. The minimum Gasteiger partial charge on any atom is -0.207 e. The quantitative estimate of drug-likeness (QED) is 0.793. The fraction of sp³-hybridized carbons (Fsp3) is 0.400. The van der Waals surface area contributed by atoms with E-state index in [0.29, 0.717) is 23.2 Å². The maximum atomic E-state index is 13.0. The number of nitrogens with zero attached hydrogens (tertiary/aromatic N) is 1. The molecule has 0 spiro atoms. The Morgan fingerprint density at radius 3 is 2.48 bits per heavy atom. The molecule has 1 saturated heterocycles. The Labute approximate surface area is 155 Å². The maximum absolute atomic E-state index is 13.0. The standard InChI is InChI=1S/C20H25NO2S2/c1-3-17-8-10-18(11-9-17)25(22,23)21-13-12-20(24-15-14-21)19-7-5-4-6-16(19)2/h4-11,20H,3,12-15H2,1-2H3. The van der Waals surface area contributed by atoms with Gasteiger partial charge in [0.15, 0.2) is 0 Å². The fourth-order valence-corrected chi connectivity index (χ4v) is 6.13. The third kappa shape index (κ3) is 4.10. The Balaban J connectivity index is 1.76. The van der Waals surface area contributed by atoms with Crippen molar-refractivity contribution in [2.24, 2.45) is 0 Å². The number of thioether (sulfide) groups is 1. The molecule has 1 aliphatic heterocycles. The van der Waals surface area contributed by atoms with Crippen LogP contribution in [0.15, 0.2) is 53.4 Å². The van der Waals surface area contributed by atoms with Crippen LogP contribution in [0.1, 0.15) is 35.3 Å². The lowest BCUT2D eigenvalue weighted by Gasteiger charge is -2.20. The van der Waals surface area contributed by atoms with E-state index in [1.165, 1.54) is 11.1 Å². The van der Waals surface area contributed by atoms with E-state index in [2.05, 4.69) is 38.1 Å². The number of rotatable bonds is 4. The van der Waals surface area contributed by atoms with Gasteiger partial charge in [0.2, 0.25) is 10.0 Å². The van der Waals surface area contributed by atoms with Crippen molar-refractivity contribution in [1.82, 2.24) is 4.31 Å². The number of hydrogen-bond acceptors (Lipinski definition) is 3. The van der Waals surface area contributed by atoms with E-state index in [1.807, 2.05) is 23.9 Å². The molecule has 2 aromatic rings. The summed E-state index contributed by atoms with van der Waals surface area (Å²) in [6.45, 7) is 5.35. The van der Waals surface area contributed by atoms with Crippen molar-refractivity contribution in [2.75, 3.05) is 18.8 Å². The topological polar surface area (TPSA) is 37.4 Å². The molecule has 3 rings (SSSR count). The Morgan fingerprint density at radius 1 is 1.08 bits per heavy atom. The first kappa shape index (κ1) is 18.5. The highest BCUT2D eigenvalue weighted by Gasteiger charge is 2.28. The molecule has 0 N–H and O–H groups in total. The summed E-state index contributed by atoms with van der Waals surface area (Å²) < 4.78 is 27.6. The molecule has 0 aliphatic carbocycles. The monoisotopic (exact) mass is 375 g/mol. The Morgan fingerprint density at radius 2 is 1.80 bits per heavy atom. The molecule has 25 heavy (non-hydrogen) atoms. The van der Waals surface area contributed by atoms with Crippen LogP contribution in [-0.4, -0.2) is 31.6 Å². The third-order valence-corrected chi connectivity index (χ3v) is 8.03. The number of hydrogen-bond donors (Lipinski definition) is 0. The van der Waals surface area contributed by atoms with Crippen LogP contribution in [0.3, 0.4) is 0 Å². The summed E-state index contributed by atoms with van der Waals surface area (Å²) in [5.41, 5.74) is 3.77. The molecule has 0 radical (unpaired) electrons. The van der Waals surface area contributed by atoms with E-state index in [0.717, 1.165) is 24.2 Å². The zero-order valence-electron chi connectivity index (χ0n) is 14.8. The molecule has 0 aromatic heterocycles. The average Bonchev–Trinajstić information content (AvgIpc) is 2.89. The van der Waals surface area contributed by atoms with Gasteiger partial charge in [-0.05, 0) is 48.6 Å². The van der Waals surface area contributed by atoms with Gasteiger partial charge in [-0.3, -0.25) is 0 Å². The van der Waals surface area contributed by atoms with Crippen molar-refractivity contribution in [3.05, 3.63) is 65.2 Å². The smallest absolute Gasteiger partial charge is 0.207 e. The molecule has 1 unspecified atom stereocenters. The van der Waals surface area contributed by atoms with Gasteiger partial charge in [0, 0.05) is 24.1 Å². The number of aryl methyl sites for hydroxylation is 2. The second kappa shape index (κ2) is 7.94. The van der Waals surface area contributed by atoms with Crippen LogP contribution >= 0.6 is 11.8 Å². The zero-order chi connectivity index (χ0) is 17.9. The van der Waals surface area contributed by atoms with Gasteiger partial charge in [0.1, 0.15) is 0 Å². The molecule has 0 bridgehead atoms. The summed E-state index contributed by atoms with van der Waals surface area (Å²) >= 11 is 1.87. The van der Waals surface area contributed by atoms with Gasteiger partial charge < -0.3 is 0 Å². The van der Waals surface area contributed by atoms with Crippen molar-refractivity contribution >= 4 is 21.8 Å². The van der Waals surface area contributed by atoms with Crippen LogP contribution in [0.2, 0.25) is 0 Å². The van der Waals surface area contributed by atoms with Crippen LogP contribution in [0, 0.1) is 6.92 Å². The molecule has 1 fully saturated rings. The molecule has 0 amide bonds. The van der Waals surface area contributed by atoms with Gasteiger partial charge in [0.25, 0.3) is 0 Å². The molecule has 134 valence electrons. The van der Waals surface area contributed by atoms with Gasteiger partial charge in [-0.2, -0.15) is 16.1 Å². The van der Waals surface area contributed by atoms with Crippen molar-refractivity contribution in [3.8, 4) is 0 Å². The molecular weight excluding hydrogens is 350 g/mol. The average molecular weight is 376 g/mol. The molecule has 5 heteroatoms. The van der Waals surface area contributed by atoms with Crippen LogP contribution in [0.4, 0.5) is 0 Å². The first-order chi connectivity index (χ1) is 12.0. The van der Waals surface area contributed by atoms with Gasteiger partial charge in [-0.15, -0.1) is 0 Å². The summed E-state index contributed by atoms with van der Waals surface area (Å²) in [6.07, 6.45) is 1.76. The van der Waals surface area contributed by atoms with Gasteiger partial charge in [0.05, 0.1) is 4.90 Å². The van der Waals surface area contributed by atoms with Gasteiger partial charge in [-0.1, -0.05) is 43.3 Å². The highest BCUT2D eigenvalue weighted by Crippen LogP contribution is 2.36. The van der Waals surface area contributed by atoms with Crippen molar-refractivity contribution in [3.63, 3.8) is 0 Å². The van der Waals surface area contributed by atoms with Crippen molar-refractivity contribution in [2.45, 2.75) is 36.8 Å². The Hall–Kier alpha value is -1.30. The van der Waals surface area contributed by atoms with E-state index in [-0.39, 0.29) is 0 Å². The van der Waals surface area contributed by atoms with Crippen LogP contribution in [0.5, 0.6) is 0 Å². The molecule has 3 nitrogen and oxygen atoms in total. The lowest BCUT2D eigenvalue weighted by atomic mass is 10.0. The molecule has 1 heterocycles. The van der Waals surface area contributed by atoms with Crippen LogP contribution in [-0.2, 0) is 16.4 Å². The third-order valence-electron chi connectivity index (χ3n) is 4.81. The first-order valence-electron chi connectivity index (χ1n) is 8.78. The first-order valence-corrected chi connectivity index (χ1v) is 11.3. The van der Waals surface area contributed by atoms with E-state index in [9.17, 15) is 8.42 Å². The van der Waals surface area contributed by atoms with Crippen molar-refractivity contribution < 1.29 is 8.42 Å². The van der Waals surface area contributed by atoms with E-state index in [4.69, 9.17) is 0 Å².